The molecule has 0 radical (unpaired) electrons. The molecule has 84 valence electrons. The van der Waals surface area contributed by atoms with Crippen LogP contribution in [0, 0.1) is 0 Å². The second-order valence-electron chi connectivity index (χ2n) is 5.62. The highest BCUT2D eigenvalue weighted by molar-refractivity contribution is 5.75. The number of rotatable bonds is 1. The van der Waals surface area contributed by atoms with Crippen molar-refractivity contribution in [2.45, 2.75) is 31.6 Å². The average molecular weight is 213 g/mol. The van der Waals surface area contributed by atoms with E-state index in [1.807, 2.05) is 0 Å². The van der Waals surface area contributed by atoms with Gasteiger partial charge in [0.1, 0.15) is 0 Å². The lowest BCUT2D eigenvalue weighted by Gasteiger charge is -2.40. The molecule has 0 bridgehead atoms. The molecule has 16 heavy (non-hydrogen) atoms. The molecule has 1 aromatic carbocycles. The van der Waals surface area contributed by atoms with Crippen molar-refractivity contribution in [3.05, 3.63) is 41.5 Å². The molecular weight excluding hydrogens is 194 g/mol. The van der Waals surface area contributed by atoms with E-state index in [1.165, 1.54) is 16.7 Å². The minimum Gasteiger partial charge on any atom is -0.315 e. The van der Waals surface area contributed by atoms with Crippen molar-refractivity contribution in [1.82, 2.24) is 5.32 Å². The van der Waals surface area contributed by atoms with Gasteiger partial charge in [0.25, 0.3) is 0 Å². The number of hydrogen-bond donors (Lipinski definition) is 1. The van der Waals surface area contributed by atoms with E-state index >= 15 is 0 Å². The highest BCUT2D eigenvalue weighted by atomic mass is 15.0. The van der Waals surface area contributed by atoms with Crippen LogP contribution in [0.25, 0.3) is 5.57 Å². The maximum atomic E-state index is 4.22. The van der Waals surface area contributed by atoms with Gasteiger partial charge in [-0.1, -0.05) is 38.6 Å². The lowest BCUT2D eigenvalue weighted by Crippen LogP contribution is -2.55. The molecule has 0 saturated carbocycles. The summed E-state index contributed by atoms with van der Waals surface area (Å²) in [7, 11) is 0. The Morgan fingerprint density at radius 1 is 1.31 bits per heavy atom. The number of fused-ring (bicyclic) bond motifs is 2. The monoisotopic (exact) mass is 213 g/mol. The van der Waals surface area contributed by atoms with Gasteiger partial charge in [-0.25, -0.2) is 0 Å². The lowest BCUT2D eigenvalue weighted by molar-refractivity contribution is 0.292. The van der Waals surface area contributed by atoms with Gasteiger partial charge in [-0.3, -0.25) is 0 Å². The fourth-order valence-electron chi connectivity index (χ4n) is 3.01. The van der Waals surface area contributed by atoms with E-state index in [9.17, 15) is 0 Å². The van der Waals surface area contributed by atoms with Crippen LogP contribution in [0.1, 0.15) is 42.9 Å². The molecule has 1 heteroatoms. The van der Waals surface area contributed by atoms with E-state index in [0.717, 1.165) is 19.5 Å². The fourth-order valence-corrected chi connectivity index (χ4v) is 3.01. The van der Waals surface area contributed by atoms with Crippen LogP contribution in [0.3, 0.4) is 0 Å². The zero-order valence-electron chi connectivity index (χ0n) is 10.1. The summed E-state index contributed by atoms with van der Waals surface area (Å²) < 4.78 is 0. The zero-order valence-corrected chi connectivity index (χ0v) is 10.1. The predicted molar refractivity (Wildman–Crippen MR) is 68.7 cm³/mol. The van der Waals surface area contributed by atoms with Crippen LogP contribution >= 0.6 is 0 Å². The first-order valence-corrected chi connectivity index (χ1v) is 6.16. The molecule has 1 N–H and O–H groups in total. The van der Waals surface area contributed by atoms with Gasteiger partial charge in [-0.15, -0.1) is 0 Å². The van der Waals surface area contributed by atoms with E-state index < -0.39 is 0 Å². The molecular formula is C15H19N. The quantitative estimate of drug-likeness (QED) is 0.756. The average Bonchev–Trinajstić information content (AvgIpc) is 2.51. The first kappa shape index (κ1) is 10.1. The molecule has 1 saturated heterocycles. The Morgan fingerprint density at radius 2 is 2.06 bits per heavy atom. The van der Waals surface area contributed by atoms with Crippen molar-refractivity contribution in [2.24, 2.45) is 0 Å². The SMILES string of the molecule is C=C1CC2(CNC2)c2cc(C(C)C)ccc21. The Balaban J connectivity index is 2.13. The first-order chi connectivity index (χ1) is 7.62. The molecule has 1 nitrogen and oxygen atoms in total. The molecule has 1 spiro atoms. The van der Waals surface area contributed by atoms with Gasteiger partial charge in [0.15, 0.2) is 0 Å². The summed E-state index contributed by atoms with van der Waals surface area (Å²) in [6.07, 6.45) is 1.15. The van der Waals surface area contributed by atoms with Crippen LogP contribution in [0.15, 0.2) is 24.8 Å². The molecule has 1 heterocycles. The normalized spacial score (nSPS) is 21.3. The Kier molecular flexibility index (Phi) is 2.02. The maximum absolute atomic E-state index is 4.22. The summed E-state index contributed by atoms with van der Waals surface area (Å²) in [5.74, 6) is 0.615. The maximum Gasteiger partial charge on any atom is 0.0249 e. The molecule has 1 fully saturated rings. The van der Waals surface area contributed by atoms with Crippen LogP contribution in [0.4, 0.5) is 0 Å². The van der Waals surface area contributed by atoms with Gasteiger partial charge in [-0.05, 0) is 34.6 Å². The predicted octanol–water partition coefficient (Wildman–Crippen LogP) is 3.07. The Morgan fingerprint density at radius 3 is 2.62 bits per heavy atom. The summed E-state index contributed by atoms with van der Waals surface area (Å²) in [6, 6.07) is 6.96. The van der Waals surface area contributed by atoms with Crippen molar-refractivity contribution in [3.8, 4) is 0 Å². The topological polar surface area (TPSA) is 12.0 Å². The van der Waals surface area contributed by atoms with Crippen LogP contribution in [0.2, 0.25) is 0 Å². The van der Waals surface area contributed by atoms with E-state index in [0.29, 0.717) is 11.3 Å². The number of benzene rings is 1. The van der Waals surface area contributed by atoms with Gasteiger partial charge in [0.2, 0.25) is 0 Å². The van der Waals surface area contributed by atoms with Gasteiger partial charge >= 0.3 is 0 Å². The first-order valence-electron chi connectivity index (χ1n) is 6.16. The second-order valence-corrected chi connectivity index (χ2v) is 5.62. The third-order valence-corrected chi connectivity index (χ3v) is 4.14. The Labute approximate surface area is 97.6 Å². The highest BCUT2D eigenvalue weighted by Crippen LogP contribution is 2.47. The largest absolute Gasteiger partial charge is 0.315 e. The number of hydrogen-bond acceptors (Lipinski definition) is 1. The molecule has 1 aliphatic heterocycles. The van der Waals surface area contributed by atoms with Crippen molar-refractivity contribution in [3.63, 3.8) is 0 Å². The van der Waals surface area contributed by atoms with E-state index in [-0.39, 0.29) is 0 Å². The van der Waals surface area contributed by atoms with E-state index in [4.69, 9.17) is 0 Å². The van der Waals surface area contributed by atoms with Gasteiger partial charge < -0.3 is 5.32 Å². The summed E-state index contributed by atoms with van der Waals surface area (Å²) in [6.45, 7) is 11.0. The number of allylic oxidation sites excluding steroid dienone is 1. The van der Waals surface area contributed by atoms with Gasteiger partial charge in [0, 0.05) is 18.5 Å². The molecule has 1 aliphatic carbocycles. The molecule has 3 rings (SSSR count). The van der Waals surface area contributed by atoms with Crippen molar-refractivity contribution < 1.29 is 0 Å². The molecule has 0 unspecified atom stereocenters. The van der Waals surface area contributed by atoms with Crippen molar-refractivity contribution in [1.29, 1.82) is 0 Å². The third kappa shape index (κ3) is 1.21. The van der Waals surface area contributed by atoms with E-state index in [1.54, 1.807) is 5.56 Å². The Hall–Kier alpha value is -1.08. The molecule has 0 aromatic heterocycles. The van der Waals surface area contributed by atoms with Gasteiger partial charge in [0.05, 0.1) is 0 Å². The minimum absolute atomic E-state index is 0.386. The van der Waals surface area contributed by atoms with Crippen molar-refractivity contribution in [2.75, 3.05) is 13.1 Å². The Bertz CT molecular complexity index is 453. The summed E-state index contributed by atoms with van der Waals surface area (Å²) in [5, 5.41) is 3.41. The summed E-state index contributed by atoms with van der Waals surface area (Å²) in [4.78, 5) is 0. The molecule has 1 aromatic rings. The summed E-state index contributed by atoms with van der Waals surface area (Å²) in [5.41, 5.74) is 6.12. The van der Waals surface area contributed by atoms with Crippen LogP contribution in [0.5, 0.6) is 0 Å². The van der Waals surface area contributed by atoms with Crippen LogP contribution in [-0.4, -0.2) is 13.1 Å². The standard InChI is InChI=1S/C15H19N/c1-10(2)12-4-5-13-11(3)7-15(8-16-9-15)14(13)6-12/h4-6,10,16H,3,7-9H2,1-2H3. The third-order valence-electron chi connectivity index (χ3n) is 4.14. The smallest absolute Gasteiger partial charge is 0.0249 e. The van der Waals surface area contributed by atoms with E-state index in [2.05, 4.69) is 43.9 Å². The molecule has 0 amide bonds. The summed E-state index contributed by atoms with van der Waals surface area (Å²) >= 11 is 0. The minimum atomic E-state index is 0.386. The van der Waals surface area contributed by atoms with Crippen molar-refractivity contribution >= 4 is 5.57 Å². The molecule has 2 aliphatic rings. The molecule has 0 atom stereocenters. The number of nitrogens with one attached hydrogen (secondary N) is 1. The highest BCUT2D eigenvalue weighted by Gasteiger charge is 2.45. The lowest BCUT2D eigenvalue weighted by atomic mass is 9.75. The van der Waals surface area contributed by atoms with Gasteiger partial charge in [-0.2, -0.15) is 0 Å². The van der Waals surface area contributed by atoms with Crippen LogP contribution in [-0.2, 0) is 5.41 Å². The fraction of sp³-hybridized carbons (Fsp3) is 0.467. The zero-order chi connectivity index (χ0) is 11.3. The second kappa shape index (κ2) is 3.21. The van der Waals surface area contributed by atoms with Crippen LogP contribution < -0.4 is 5.32 Å².